The zero-order valence-corrected chi connectivity index (χ0v) is 22.4. The van der Waals surface area contributed by atoms with Crippen LogP contribution >= 0.6 is 0 Å². The van der Waals surface area contributed by atoms with E-state index in [9.17, 15) is 0 Å². The van der Waals surface area contributed by atoms with Crippen molar-refractivity contribution in [3.05, 3.63) is 155 Å². The molecule has 0 fully saturated rings. The molecule has 0 aromatic heterocycles. The average Bonchev–Trinajstić information content (AvgIpc) is 3.43. The molecule has 0 unspecified atom stereocenters. The van der Waals surface area contributed by atoms with Gasteiger partial charge in [0.25, 0.3) is 0 Å². The van der Waals surface area contributed by atoms with Gasteiger partial charge >= 0.3 is 0 Å². The molecular formula is C38H34. The molecule has 0 N–H and O–H groups in total. The second-order valence-electron chi connectivity index (χ2n) is 11.2. The van der Waals surface area contributed by atoms with Crippen LogP contribution in [0.2, 0.25) is 0 Å². The summed E-state index contributed by atoms with van der Waals surface area (Å²) >= 11 is 0. The van der Waals surface area contributed by atoms with E-state index in [1.54, 1.807) is 0 Å². The highest BCUT2D eigenvalue weighted by atomic mass is 14.5. The molecule has 0 atom stereocenters. The molecule has 38 heavy (non-hydrogen) atoms. The van der Waals surface area contributed by atoms with E-state index in [2.05, 4.69) is 135 Å². The van der Waals surface area contributed by atoms with E-state index in [1.807, 2.05) is 0 Å². The van der Waals surface area contributed by atoms with E-state index >= 15 is 0 Å². The van der Waals surface area contributed by atoms with E-state index in [0.29, 0.717) is 0 Å². The second kappa shape index (κ2) is 8.84. The van der Waals surface area contributed by atoms with Crippen LogP contribution in [-0.2, 0) is 23.7 Å². The topological polar surface area (TPSA) is 0 Å². The van der Waals surface area contributed by atoms with Crippen LogP contribution in [0, 0.1) is 0 Å². The van der Waals surface area contributed by atoms with Crippen molar-refractivity contribution in [1.82, 2.24) is 0 Å². The van der Waals surface area contributed by atoms with E-state index in [-0.39, 0.29) is 10.8 Å². The van der Waals surface area contributed by atoms with Gasteiger partial charge in [0.2, 0.25) is 0 Å². The fourth-order valence-electron chi connectivity index (χ4n) is 7.70. The Morgan fingerprint density at radius 1 is 0.368 bits per heavy atom. The SMILES string of the molecule is CCC1(Cc2ccc(CC3(CC)c4ccccc4-c4ccccc43)cc2)c2ccccc2-c2ccccc21. The third-order valence-corrected chi connectivity index (χ3v) is 9.59. The molecule has 0 bridgehead atoms. The van der Waals surface area contributed by atoms with Crippen LogP contribution in [0.25, 0.3) is 22.3 Å². The molecule has 0 nitrogen and oxygen atoms in total. The lowest BCUT2D eigenvalue weighted by Gasteiger charge is -2.32. The van der Waals surface area contributed by atoms with Gasteiger partial charge in [0.1, 0.15) is 0 Å². The van der Waals surface area contributed by atoms with Crippen molar-refractivity contribution in [2.45, 2.75) is 50.4 Å². The monoisotopic (exact) mass is 490 g/mol. The largest absolute Gasteiger partial charge is 0.0642 e. The molecule has 0 saturated carbocycles. The number of fused-ring (bicyclic) bond motifs is 6. The van der Waals surface area contributed by atoms with Gasteiger partial charge in [-0.1, -0.05) is 135 Å². The first-order valence-corrected chi connectivity index (χ1v) is 14.2. The Hall–Kier alpha value is -3.90. The van der Waals surface area contributed by atoms with E-state index < -0.39 is 0 Å². The molecule has 0 amide bonds. The molecule has 2 aliphatic rings. The van der Waals surface area contributed by atoms with Gasteiger partial charge in [0.15, 0.2) is 0 Å². The maximum absolute atomic E-state index is 2.40. The molecule has 5 aromatic rings. The summed E-state index contributed by atoms with van der Waals surface area (Å²) in [4.78, 5) is 0. The third kappa shape index (κ3) is 3.23. The molecule has 0 heteroatoms. The zero-order chi connectivity index (χ0) is 25.7. The van der Waals surface area contributed by atoms with Gasteiger partial charge in [-0.2, -0.15) is 0 Å². The summed E-state index contributed by atoms with van der Waals surface area (Å²) in [5.41, 5.74) is 14.5. The van der Waals surface area contributed by atoms with Gasteiger partial charge in [0, 0.05) is 10.8 Å². The highest BCUT2D eigenvalue weighted by molar-refractivity contribution is 5.82. The molecule has 0 saturated heterocycles. The Balaban J connectivity index is 1.24. The van der Waals surface area contributed by atoms with E-state index in [4.69, 9.17) is 0 Å². The summed E-state index contributed by atoms with van der Waals surface area (Å²) < 4.78 is 0. The molecule has 7 rings (SSSR count). The lowest BCUT2D eigenvalue weighted by molar-refractivity contribution is 0.501. The molecule has 2 aliphatic carbocycles. The molecule has 0 heterocycles. The summed E-state index contributed by atoms with van der Waals surface area (Å²) in [5.74, 6) is 0. The smallest absolute Gasteiger partial charge is 0.0252 e. The van der Waals surface area contributed by atoms with E-state index in [1.165, 1.54) is 55.6 Å². The minimum Gasteiger partial charge on any atom is -0.0642 e. The average molecular weight is 491 g/mol. The molecule has 0 aliphatic heterocycles. The normalized spacial score (nSPS) is 15.4. The van der Waals surface area contributed by atoms with Gasteiger partial charge in [-0.3, -0.25) is 0 Å². The fourth-order valence-corrected chi connectivity index (χ4v) is 7.70. The van der Waals surface area contributed by atoms with Gasteiger partial charge in [-0.05, 0) is 81.3 Å². The summed E-state index contributed by atoms with van der Waals surface area (Å²) in [7, 11) is 0. The lowest BCUT2D eigenvalue weighted by atomic mass is 9.70. The van der Waals surface area contributed by atoms with Crippen molar-refractivity contribution in [3.8, 4) is 22.3 Å². The molecule has 186 valence electrons. The Morgan fingerprint density at radius 2 is 0.632 bits per heavy atom. The Bertz CT molecular complexity index is 1420. The number of rotatable bonds is 6. The second-order valence-corrected chi connectivity index (χ2v) is 11.2. The van der Waals surface area contributed by atoms with Crippen LogP contribution in [0.3, 0.4) is 0 Å². The van der Waals surface area contributed by atoms with Crippen molar-refractivity contribution in [3.63, 3.8) is 0 Å². The van der Waals surface area contributed by atoms with Crippen LogP contribution in [0.1, 0.15) is 60.1 Å². The first-order chi connectivity index (χ1) is 18.7. The Kier molecular flexibility index (Phi) is 5.41. The molecule has 0 radical (unpaired) electrons. The lowest BCUT2D eigenvalue weighted by Crippen LogP contribution is -2.28. The van der Waals surface area contributed by atoms with Crippen LogP contribution < -0.4 is 0 Å². The predicted octanol–water partition coefficient (Wildman–Crippen LogP) is 9.52. The molecule has 0 spiro atoms. The molecular weight excluding hydrogens is 456 g/mol. The van der Waals surface area contributed by atoms with Crippen LogP contribution in [0.5, 0.6) is 0 Å². The predicted molar refractivity (Wildman–Crippen MR) is 160 cm³/mol. The van der Waals surface area contributed by atoms with Gasteiger partial charge in [0.05, 0.1) is 0 Å². The first kappa shape index (κ1) is 23.2. The Morgan fingerprint density at radius 3 is 0.895 bits per heavy atom. The van der Waals surface area contributed by atoms with Gasteiger partial charge in [-0.15, -0.1) is 0 Å². The van der Waals surface area contributed by atoms with Gasteiger partial charge in [-0.25, -0.2) is 0 Å². The highest BCUT2D eigenvalue weighted by Crippen LogP contribution is 2.53. The number of hydrogen-bond acceptors (Lipinski definition) is 0. The van der Waals surface area contributed by atoms with E-state index in [0.717, 1.165) is 25.7 Å². The van der Waals surface area contributed by atoms with Crippen LogP contribution in [-0.4, -0.2) is 0 Å². The number of hydrogen-bond donors (Lipinski definition) is 0. The van der Waals surface area contributed by atoms with Crippen molar-refractivity contribution in [1.29, 1.82) is 0 Å². The fraction of sp³-hybridized carbons (Fsp3) is 0.211. The summed E-state index contributed by atoms with van der Waals surface area (Å²) in [5, 5.41) is 0. The van der Waals surface area contributed by atoms with Gasteiger partial charge < -0.3 is 0 Å². The highest BCUT2D eigenvalue weighted by Gasteiger charge is 2.43. The van der Waals surface area contributed by atoms with Crippen molar-refractivity contribution >= 4 is 0 Å². The van der Waals surface area contributed by atoms with Crippen molar-refractivity contribution < 1.29 is 0 Å². The number of benzene rings is 5. The van der Waals surface area contributed by atoms with Crippen LogP contribution in [0.4, 0.5) is 0 Å². The summed E-state index contributed by atoms with van der Waals surface area (Å²) in [6.45, 7) is 4.71. The minimum absolute atomic E-state index is 0.0304. The maximum Gasteiger partial charge on any atom is 0.0252 e. The summed E-state index contributed by atoms with van der Waals surface area (Å²) in [6.07, 6.45) is 4.25. The quantitative estimate of drug-likeness (QED) is 0.222. The third-order valence-electron chi connectivity index (χ3n) is 9.59. The van der Waals surface area contributed by atoms with Crippen LogP contribution in [0.15, 0.2) is 121 Å². The van der Waals surface area contributed by atoms with Crippen molar-refractivity contribution in [2.24, 2.45) is 0 Å². The maximum atomic E-state index is 2.40. The standard InChI is InChI=1S/C38H34/c1-3-37(33-17-9-5-13-29(33)30-14-6-10-18-34(30)37)25-27-21-23-28(24-22-27)26-38(4-2)35-19-11-7-15-31(35)32-16-8-12-20-36(32)38/h5-24H,3-4,25-26H2,1-2H3. The zero-order valence-electron chi connectivity index (χ0n) is 22.4. The first-order valence-electron chi connectivity index (χ1n) is 14.2. The minimum atomic E-state index is 0.0304. The molecule has 5 aromatic carbocycles. The Labute approximate surface area is 227 Å². The van der Waals surface area contributed by atoms with Crippen molar-refractivity contribution in [2.75, 3.05) is 0 Å². The summed E-state index contributed by atoms with van der Waals surface area (Å²) in [6, 6.07) is 45.8.